The predicted molar refractivity (Wildman–Crippen MR) is 67.4 cm³/mol. The average Bonchev–Trinajstić information content (AvgIpc) is 2.60. The highest BCUT2D eigenvalue weighted by atomic mass is 16.3. The fourth-order valence-corrected chi connectivity index (χ4v) is 2.45. The highest BCUT2D eigenvalue weighted by molar-refractivity contribution is 5.79. The Balaban J connectivity index is 2.05. The van der Waals surface area contributed by atoms with E-state index in [2.05, 4.69) is 9.55 Å². The van der Waals surface area contributed by atoms with E-state index >= 15 is 0 Å². The summed E-state index contributed by atoms with van der Waals surface area (Å²) in [4.78, 5) is 4.44. The van der Waals surface area contributed by atoms with Gasteiger partial charge in [0.15, 0.2) is 0 Å². The largest absolute Gasteiger partial charge is 0.399 e. The normalized spacial score (nSPS) is 16.3. The van der Waals surface area contributed by atoms with Gasteiger partial charge in [-0.3, -0.25) is 0 Å². The molecular weight excluding hydrogens is 214 g/mol. The Morgan fingerprint density at radius 3 is 2.88 bits per heavy atom. The monoisotopic (exact) mass is 231 g/mol. The van der Waals surface area contributed by atoms with E-state index in [0.717, 1.165) is 35.0 Å². The van der Waals surface area contributed by atoms with Crippen molar-refractivity contribution in [2.24, 2.45) is 5.92 Å². The van der Waals surface area contributed by atoms with Gasteiger partial charge in [0.2, 0.25) is 0 Å². The molecule has 3 rings (SSSR count). The van der Waals surface area contributed by atoms with Gasteiger partial charge >= 0.3 is 0 Å². The molecule has 1 aromatic heterocycles. The second kappa shape index (κ2) is 4.04. The van der Waals surface area contributed by atoms with Gasteiger partial charge in [0, 0.05) is 12.2 Å². The van der Waals surface area contributed by atoms with Crippen LogP contribution in [0.25, 0.3) is 11.0 Å². The van der Waals surface area contributed by atoms with Crippen LogP contribution in [0.4, 0.5) is 5.69 Å². The topological polar surface area (TPSA) is 64.1 Å². The third kappa shape index (κ3) is 1.78. The molecular formula is C13H17N3O. The SMILES string of the molecule is Nc1ccc2c(c1)nc(CO)n2CC1CCC1. The molecule has 0 unspecified atom stereocenters. The van der Waals surface area contributed by atoms with Crippen LogP contribution < -0.4 is 5.73 Å². The molecule has 1 aliphatic rings. The first kappa shape index (κ1) is 10.6. The van der Waals surface area contributed by atoms with E-state index in [4.69, 9.17) is 5.73 Å². The molecule has 2 aromatic rings. The lowest BCUT2D eigenvalue weighted by Gasteiger charge is -2.26. The summed E-state index contributed by atoms with van der Waals surface area (Å²) in [6, 6.07) is 5.75. The van der Waals surface area contributed by atoms with E-state index in [1.165, 1.54) is 19.3 Å². The molecule has 90 valence electrons. The second-order valence-electron chi connectivity index (χ2n) is 4.84. The fraction of sp³-hybridized carbons (Fsp3) is 0.462. The van der Waals surface area contributed by atoms with Crippen molar-refractivity contribution in [1.29, 1.82) is 0 Å². The number of nitrogens with zero attached hydrogens (tertiary/aromatic N) is 2. The van der Waals surface area contributed by atoms with Gasteiger partial charge in [0.1, 0.15) is 12.4 Å². The number of nitrogens with two attached hydrogens (primary N) is 1. The summed E-state index contributed by atoms with van der Waals surface area (Å²) in [5.74, 6) is 1.49. The van der Waals surface area contributed by atoms with Gasteiger partial charge in [0.05, 0.1) is 11.0 Å². The zero-order chi connectivity index (χ0) is 11.8. The molecule has 4 heteroatoms. The first-order chi connectivity index (χ1) is 8.28. The van der Waals surface area contributed by atoms with Crippen LogP contribution in [0, 0.1) is 5.92 Å². The molecule has 3 N–H and O–H groups in total. The molecule has 1 saturated carbocycles. The van der Waals surface area contributed by atoms with Crippen molar-refractivity contribution < 1.29 is 5.11 Å². The Kier molecular flexibility index (Phi) is 2.52. The molecule has 4 nitrogen and oxygen atoms in total. The van der Waals surface area contributed by atoms with E-state index in [9.17, 15) is 5.11 Å². The lowest BCUT2D eigenvalue weighted by Crippen LogP contribution is -2.19. The molecule has 0 amide bonds. The Morgan fingerprint density at radius 2 is 2.24 bits per heavy atom. The molecule has 0 radical (unpaired) electrons. The zero-order valence-electron chi connectivity index (χ0n) is 9.76. The maximum Gasteiger partial charge on any atom is 0.135 e. The molecule has 1 aromatic carbocycles. The van der Waals surface area contributed by atoms with E-state index in [0.29, 0.717) is 0 Å². The minimum atomic E-state index is -0.0126. The molecule has 0 bridgehead atoms. The van der Waals surface area contributed by atoms with Crippen molar-refractivity contribution in [2.75, 3.05) is 5.73 Å². The molecule has 0 spiro atoms. The van der Waals surface area contributed by atoms with Crippen LogP contribution in [0.15, 0.2) is 18.2 Å². The summed E-state index contributed by atoms with van der Waals surface area (Å²) in [6.45, 7) is 0.956. The predicted octanol–water partition coefficient (Wildman–Crippen LogP) is 1.91. The van der Waals surface area contributed by atoms with E-state index in [1.807, 2.05) is 18.2 Å². The van der Waals surface area contributed by atoms with Gasteiger partial charge in [0.25, 0.3) is 0 Å². The number of hydrogen-bond donors (Lipinski definition) is 2. The summed E-state index contributed by atoms with van der Waals surface area (Å²) in [6.07, 6.45) is 3.91. The van der Waals surface area contributed by atoms with E-state index in [-0.39, 0.29) is 6.61 Å². The van der Waals surface area contributed by atoms with Crippen LogP contribution in [-0.4, -0.2) is 14.7 Å². The van der Waals surface area contributed by atoms with Crippen LogP contribution in [0.2, 0.25) is 0 Å². The number of aromatic nitrogens is 2. The van der Waals surface area contributed by atoms with Gasteiger partial charge in [-0.05, 0) is 37.0 Å². The van der Waals surface area contributed by atoms with Crippen LogP contribution in [0.5, 0.6) is 0 Å². The van der Waals surface area contributed by atoms with Gasteiger partial charge in [-0.25, -0.2) is 4.98 Å². The number of imidazole rings is 1. The van der Waals surface area contributed by atoms with Gasteiger partial charge in [-0.2, -0.15) is 0 Å². The minimum Gasteiger partial charge on any atom is -0.399 e. The minimum absolute atomic E-state index is 0.0126. The Morgan fingerprint density at radius 1 is 1.41 bits per heavy atom. The van der Waals surface area contributed by atoms with Crippen molar-refractivity contribution in [3.05, 3.63) is 24.0 Å². The highest BCUT2D eigenvalue weighted by Gasteiger charge is 2.20. The number of nitrogen functional groups attached to an aromatic ring is 1. The van der Waals surface area contributed by atoms with Crippen molar-refractivity contribution in [3.63, 3.8) is 0 Å². The lowest BCUT2D eigenvalue weighted by atomic mass is 9.85. The Bertz CT molecular complexity index is 543. The summed E-state index contributed by atoms with van der Waals surface area (Å²) in [7, 11) is 0. The molecule has 1 heterocycles. The summed E-state index contributed by atoms with van der Waals surface area (Å²) < 4.78 is 2.14. The first-order valence-corrected chi connectivity index (χ1v) is 6.13. The Hall–Kier alpha value is -1.55. The summed E-state index contributed by atoms with van der Waals surface area (Å²) in [5, 5.41) is 9.38. The van der Waals surface area contributed by atoms with E-state index < -0.39 is 0 Å². The quantitative estimate of drug-likeness (QED) is 0.793. The molecule has 1 fully saturated rings. The second-order valence-corrected chi connectivity index (χ2v) is 4.84. The fourth-order valence-electron chi connectivity index (χ4n) is 2.45. The summed E-state index contributed by atoms with van der Waals surface area (Å²) >= 11 is 0. The number of anilines is 1. The van der Waals surface area contributed by atoms with Crippen molar-refractivity contribution in [3.8, 4) is 0 Å². The first-order valence-electron chi connectivity index (χ1n) is 6.13. The van der Waals surface area contributed by atoms with Crippen LogP contribution in [0.3, 0.4) is 0 Å². The molecule has 0 saturated heterocycles. The highest BCUT2D eigenvalue weighted by Crippen LogP contribution is 2.30. The number of hydrogen-bond acceptors (Lipinski definition) is 3. The third-order valence-electron chi connectivity index (χ3n) is 3.66. The van der Waals surface area contributed by atoms with Crippen LogP contribution in [-0.2, 0) is 13.2 Å². The van der Waals surface area contributed by atoms with Crippen LogP contribution in [0.1, 0.15) is 25.1 Å². The third-order valence-corrected chi connectivity index (χ3v) is 3.66. The van der Waals surface area contributed by atoms with Crippen molar-refractivity contribution in [2.45, 2.75) is 32.4 Å². The van der Waals surface area contributed by atoms with Gasteiger partial charge in [-0.15, -0.1) is 0 Å². The van der Waals surface area contributed by atoms with Gasteiger partial charge < -0.3 is 15.4 Å². The molecule has 17 heavy (non-hydrogen) atoms. The summed E-state index contributed by atoms with van der Waals surface area (Å²) in [5.41, 5.74) is 8.43. The lowest BCUT2D eigenvalue weighted by molar-refractivity contribution is 0.244. The number of benzene rings is 1. The number of aliphatic hydroxyl groups is 1. The average molecular weight is 231 g/mol. The standard InChI is InChI=1S/C13H17N3O/c14-10-4-5-12-11(6-10)15-13(8-17)16(12)7-9-2-1-3-9/h4-6,9,17H,1-3,7-8,14H2. The van der Waals surface area contributed by atoms with Crippen molar-refractivity contribution in [1.82, 2.24) is 9.55 Å². The zero-order valence-corrected chi connectivity index (χ0v) is 9.76. The molecule has 0 aliphatic heterocycles. The van der Waals surface area contributed by atoms with E-state index in [1.54, 1.807) is 0 Å². The number of fused-ring (bicyclic) bond motifs is 1. The van der Waals surface area contributed by atoms with Crippen molar-refractivity contribution >= 4 is 16.7 Å². The van der Waals surface area contributed by atoms with Crippen LogP contribution >= 0.6 is 0 Å². The molecule has 1 aliphatic carbocycles. The number of rotatable bonds is 3. The Labute approximate surface area is 100 Å². The smallest absolute Gasteiger partial charge is 0.135 e. The maximum absolute atomic E-state index is 9.38. The number of aliphatic hydroxyl groups excluding tert-OH is 1. The maximum atomic E-state index is 9.38. The molecule has 0 atom stereocenters. The van der Waals surface area contributed by atoms with Gasteiger partial charge in [-0.1, -0.05) is 6.42 Å².